The first kappa shape index (κ1) is 12.8. The Bertz CT molecular complexity index is 616. The van der Waals surface area contributed by atoms with Crippen molar-refractivity contribution in [3.05, 3.63) is 47.5 Å². The summed E-state index contributed by atoms with van der Waals surface area (Å²) in [7, 11) is 0. The van der Waals surface area contributed by atoms with Gasteiger partial charge in [-0.15, -0.1) is 0 Å². The molecule has 1 aromatic carbocycles. The van der Waals surface area contributed by atoms with E-state index in [9.17, 15) is 4.79 Å². The van der Waals surface area contributed by atoms with Crippen LogP contribution in [0.2, 0.25) is 0 Å². The van der Waals surface area contributed by atoms with E-state index in [1.165, 1.54) is 18.4 Å². The van der Waals surface area contributed by atoms with Gasteiger partial charge in [0.2, 0.25) is 5.91 Å². The van der Waals surface area contributed by atoms with E-state index in [1.54, 1.807) is 11.0 Å². The normalized spacial score (nSPS) is 14.2. The van der Waals surface area contributed by atoms with Crippen molar-refractivity contribution in [1.29, 1.82) is 0 Å². The SMILES string of the molecule is Cc1cccc(CNC(=O)Cn2cnc(C3CC3)n2)c1. The summed E-state index contributed by atoms with van der Waals surface area (Å²) in [5.41, 5.74) is 2.30. The van der Waals surface area contributed by atoms with Crippen molar-refractivity contribution in [2.75, 3.05) is 0 Å². The maximum atomic E-state index is 11.9. The van der Waals surface area contributed by atoms with Crippen molar-refractivity contribution < 1.29 is 4.79 Å². The highest BCUT2D eigenvalue weighted by molar-refractivity contribution is 5.75. The lowest BCUT2D eigenvalue weighted by molar-refractivity contribution is -0.122. The summed E-state index contributed by atoms with van der Waals surface area (Å²) in [6.07, 6.45) is 3.98. The van der Waals surface area contributed by atoms with Crippen LogP contribution in [-0.2, 0) is 17.9 Å². The van der Waals surface area contributed by atoms with Gasteiger partial charge in [0.05, 0.1) is 0 Å². The lowest BCUT2D eigenvalue weighted by Crippen LogP contribution is -2.27. The van der Waals surface area contributed by atoms with E-state index in [2.05, 4.69) is 21.5 Å². The Labute approximate surface area is 118 Å². The Hall–Kier alpha value is -2.17. The minimum absolute atomic E-state index is 0.0428. The molecule has 5 heteroatoms. The van der Waals surface area contributed by atoms with Gasteiger partial charge in [-0.25, -0.2) is 9.67 Å². The largest absolute Gasteiger partial charge is 0.350 e. The highest BCUT2D eigenvalue weighted by Crippen LogP contribution is 2.37. The van der Waals surface area contributed by atoms with E-state index in [1.807, 2.05) is 25.1 Å². The highest BCUT2D eigenvalue weighted by Gasteiger charge is 2.27. The molecule has 0 saturated heterocycles. The van der Waals surface area contributed by atoms with Crippen LogP contribution in [0.25, 0.3) is 0 Å². The maximum Gasteiger partial charge on any atom is 0.242 e. The van der Waals surface area contributed by atoms with E-state index in [-0.39, 0.29) is 12.5 Å². The molecule has 1 heterocycles. The molecular formula is C15H18N4O. The van der Waals surface area contributed by atoms with Gasteiger partial charge in [-0.3, -0.25) is 4.79 Å². The monoisotopic (exact) mass is 270 g/mol. The van der Waals surface area contributed by atoms with Crippen molar-refractivity contribution in [2.24, 2.45) is 0 Å². The van der Waals surface area contributed by atoms with Gasteiger partial charge in [0.15, 0.2) is 5.82 Å². The molecule has 0 radical (unpaired) electrons. The minimum atomic E-state index is -0.0428. The fraction of sp³-hybridized carbons (Fsp3) is 0.400. The molecule has 1 saturated carbocycles. The Morgan fingerprint density at radius 3 is 3.05 bits per heavy atom. The number of hydrogen-bond acceptors (Lipinski definition) is 3. The molecule has 1 aliphatic rings. The standard InChI is InChI=1S/C15H18N4O/c1-11-3-2-4-12(7-11)8-16-14(20)9-19-10-17-15(18-19)13-5-6-13/h2-4,7,10,13H,5-6,8-9H2,1H3,(H,16,20). The number of nitrogens with zero attached hydrogens (tertiary/aromatic N) is 3. The van der Waals surface area contributed by atoms with E-state index in [0.717, 1.165) is 11.4 Å². The quantitative estimate of drug-likeness (QED) is 0.901. The molecular weight excluding hydrogens is 252 g/mol. The van der Waals surface area contributed by atoms with Crippen molar-refractivity contribution in [1.82, 2.24) is 20.1 Å². The number of benzene rings is 1. The molecule has 2 aromatic rings. The van der Waals surface area contributed by atoms with Crippen molar-refractivity contribution in [3.63, 3.8) is 0 Å². The van der Waals surface area contributed by atoms with Crippen LogP contribution in [-0.4, -0.2) is 20.7 Å². The smallest absolute Gasteiger partial charge is 0.242 e. The lowest BCUT2D eigenvalue weighted by Gasteiger charge is -2.06. The van der Waals surface area contributed by atoms with Gasteiger partial charge in [0.25, 0.3) is 0 Å². The molecule has 3 rings (SSSR count). The highest BCUT2D eigenvalue weighted by atomic mass is 16.2. The van der Waals surface area contributed by atoms with Crippen LogP contribution in [0.15, 0.2) is 30.6 Å². The second-order valence-corrected chi connectivity index (χ2v) is 5.34. The molecule has 1 aromatic heterocycles. The molecule has 1 fully saturated rings. The summed E-state index contributed by atoms with van der Waals surface area (Å²) < 4.78 is 1.61. The number of nitrogens with one attached hydrogen (secondary N) is 1. The second kappa shape index (κ2) is 5.45. The Morgan fingerprint density at radius 1 is 1.45 bits per heavy atom. The topological polar surface area (TPSA) is 59.8 Å². The molecule has 5 nitrogen and oxygen atoms in total. The second-order valence-electron chi connectivity index (χ2n) is 5.34. The lowest BCUT2D eigenvalue weighted by atomic mass is 10.1. The van der Waals surface area contributed by atoms with Gasteiger partial charge in [-0.2, -0.15) is 5.10 Å². The number of carbonyl (C=O) groups excluding carboxylic acids is 1. The van der Waals surface area contributed by atoms with Crippen LogP contribution in [0.3, 0.4) is 0 Å². The summed E-state index contributed by atoms with van der Waals surface area (Å²) in [5, 5.41) is 7.23. The van der Waals surface area contributed by atoms with Gasteiger partial charge in [-0.05, 0) is 25.3 Å². The average Bonchev–Trinajstić information content (AvgIpc) is 3.18. The number of carbonyl (C=O) groups is 1. The first-order chi connectivity index (χ1) is 9.70. The molecule has 1 N–H and O–H groups in total. The minimum Gasteiger partial charge on any atom is -0.350 e. The number of amides is 1. The van der Waals surface area contributed by atoms with Gasteiger partial charge < -0.3 is 5.32 Å². The first-order valence-corrected chi connectivity index (χ1v) is 6.92. The van der Waals surface area contributed by atoms with Gasteiger partial charge in [0.1, 0.15) is 12.9 Å². The Balaban J connectivity index is 1.51. The zero-order valence-electron chi connectivity index (χ0n) is 11.5. The third kappa shape index (κ3) is 3.23. The Kier molecular flexibility index (Phi) is 3.50. The molecule has 0 bridgehead atoms. The molecule has 0 atom stereocenters. The van der Waals surface area contributed by atoms with Crippen LogP contribution < -0.4 is 5.32 Å². The van der Waals surface area contributed by atoms with Gasteiger partial charge in [0, 0.05) is 12.5 Å². The molecule has 1 aliphatic carbocycles. The summed E-state index contributed by atoms with van der Waals surface area (Å²) in [5.74, 6) is 1.35. The van der Waals surface area contributed by atoms with Gasteiger partial charge in [-0.1, -0.05) is 29.8 Å². The zero-order chi connectivity index (χ0) is 13.9. The first-order valence-electron chi connectivity index (χ1n) is 6.92. The maximum absolute atomic E-state index is 11.9. The summed E-state index contributed by atoms with van der Waals surface area (Å²) in [6, 6.07) is 8.12. The predicted octanol–water partition coefficient (Wildman–Crippen LogP) is 1.78. The number of hydrogen-bond donors (Lipinski definition) is 1. The van der Waals surface area contributed by atoms with Crippen LogP contribution >= 0.6 is 0 Å². The van der Waals surface area contributed by atoms with Crippen LogP contribution in [0.1, 0.15) is 35.7 Å². The third-order valence-corrected chi connectivity index (χ3v) is 3.37. The van der Waals surface area contributed by atoms with Crippen LogP contribution in [0, 0.1) is 6.92 Å². The van der Waals surface area contributed by atoms with Crippen LogP contribution in [0.5, 0.6) is 0 Å². The Morgan fingerprint density at radius 2 is 2.30 bits per heavy atom. The summed E-state index contributed by atoms with van der Waals surface area (Å²) in [4.78, 5) is 16.1. The number of rotatable bonds is 5. The van der Waals surface area contributed by atoms with E-state index in [4.69, 9.17) is 0 Å². The zero-order valence-corrected chi connectivity index (χ0v) is 11.5. The molecule has 1 amide bonds. The summed E-state index contributed by atoms with van der Waals surface area (Å²) >= 11 is 0. The summed E-state index contributed by atoms with van der Waals surface area (Å²) in [6.45, 7) is 2.82. The molecule has 0 unspecified atom stereocenters. The third-order valence-electron chi connectivity index (χ3n) is 3.37. The molecule has 20 heavy (non-hydrogen) atoms. The number of aryl methyl sites for hydroxylation is 1. The van der Waals surface area contributed by atoms with E-state index >= 15 is 0 Å². The van der Waals surface area contributed by atoms with E-state index in [0.29, 0.717) is 12.5 Å². The van der Waals surface area contributed by atoms with Crippen molar-refractivity contribution in [2.45, 2.75) is 38.8 Å². The van der Waals surface area contributed by atoms with E-state index < -0.39 is 0 Å². The molecule has 0 spiro atoms. The molecule has 0 aliphatic heterocycles. The fourth-order valence-electron chi connectivity index (χ4n) is 2.14. The molecule has 104 valence electrons. The average molecular weight is 270 g/mol. The predicted molar refractivity (Wildman–Crippen MR) is 75.0 cm³/mol. The number of aromatic nitrogens is 3. The van der Waals surface area contributed by atoms with Crippen molar-refractivity contribution >= 4 is 5.91 Å². The van der Waals surface area contributed by atoms with Gasteiger partial charge >= 0.3 is 0 Å². The van der Waals surface area contributed by atoms with Crippen LogP contribution in [0.4, 0.5) is 0 Å². The van der Waals surface area contributed by atoms with Crippen molar-refractivity contribution in [3.8, 4) is 0 Å². The fourth-order valence-corrected chi connectivity index (χ4v) is 2.14.